The number of alkyl halides is 5. The molecule has 0 unspecified atom stereocenters. The van der Waals surface area contributed by atoms with Gasteiger partial charge in [0.15, 0.2) is 0 Å². The lowest BCUT2D eigenvalue weighted by Gasteiger charge is -2.31. The first-order chi connectivity index (χ1) is 14.6. The van der Waals surface area contributed by atoms with Crippen LogP contribution >= 0.6 is 0 Å². The van der Waals surface area contributed by atoms with Gasteiger partial charge < -0.3 is 15.1 Å². The molecule has 3 heterocycles. The van der Waals surface area contributed by atoms with Crippen LogP contribution in [0.25, 0.3) is 22.2 Å². The van der Waals surface area contributed by atoms with Crippen molar-refractivity contribution in [1.29, 1.82) is 0 Å². The number of halogens is 5. The van der Waals surface area contributed by atoms with E-state index >= 15 is 0 Å². The molecule has 0 atom stereocenters. The average molecular weight is 439 g/mol. The lowest BCUT2D eigenvalue weighted by Crippen LogP contribution is -2.42. The van der Waals surface area contributed by atoms with Crippen molar-refractivity contribution in [2.24, 2.45) is 5.73 Å². The van der Waals surface area contributed by atoms with Crippen LogP contribution in [-0.2, 0) is 12.7 Å². The number of fused-ring (bicyclic) bond motifs is 1. The summed E-state index contributed by atoms with van der Waals surface area (Å²) < 4.78 is 72.0. The van der Waals surface area contributed by atoms with Crippen LogP contribution in [0, 0.1) is 0 Å². The Morgan fingerprint density at radius 3 is 2.45 bits per heavy atom. The van der Waals surface area contributed by atoms with Crippen molar-refractivity contribution >= 4 is 16.9 Å². The minimum Gasteiger partial charge on any atom is -0.460 e. The molecule has 2 aromatic heterocycles. The number of nitrogens with two attached hydrogens (primary N) is 1. The van der Waals surface area contributed by atoms with E-state index in [1.54, 1.807) is 6.07 Å². The molecule has 1 saturated heterocycles. The average Bonchev–Trinajstić information content (AvgIpc) is 3.15. The van der Waals surface area contributed by atoms with E-state index in [4.69, 9.17) is 10.2 Å². The van der Waals surface area contributed by atoms with Crippen molar-refractivity contribution < 1.29 is 31.2 Å². The van der Waals surface area contributed by atoms with Gasteiger partial charge in [-0.1, -0.05) is 0 Å². The molecule has 2 N–H and O–H groups in total. The number of hydrogen-bond donors (Lipinski definition) is 1. The molecular formula is C21H18F5N3O2. The lowest BCUT2D eigenvalue weighted by molar-refractivity contribution is -0.137. The zero-order chi connectivity index (χ0) is 22.4. The first-order valence-electron chi connectivity index (χ1n) is 9.55. The quantitative estimate of drug-likeness (QED) is 0.593. The zero-order valence-electron chi connectivity index (χ0n) is 16.2. The van der Waals surface area contributed by atoms with E-state index in [0.29, 0.717) is 11.1 Å². The number of amides is 1. The highest BCUT2D eigenvalue weighted by atomic mass is 19.4. The van der Waals surface area contributed by atoms with E-state index in [1.165, 1.54) is 23.2 Å². The van der Waals surface area contributed by atoms with E-state index in [-0.39, 0.29) is 42.0 Å². The summed E-state index contributed by atoms with van der Waals surface area (Å²) in [6.07, 6.45) is -4.17. The Morgan fingerprint density at radius 2 is 1.87 bits per heavy atom. The fraction of sp³-hybridized carbons (Fsp3) is 0.333. The number of carbonyl (C=O) groups is 1. The van der Waals surface area contributed by atoms with Gasteiger partial charge in [-0.3, -0.25) is 9.78 Å². The van der Waals surface area contributed by atoms with Crippen LogP contribution in [0.3, 0.4) is 0 Å². The number of pyridine rings is 1. The molecule has 0 radical (unpaired) electrons. The molecule has 1 fully saturated rings. The highest BCUT2D eigenvalue weighted by Gasteiger charge is 2.36. The molecule has 4 rings (SSSR count). The van der Waals surface area contributed by atoms with Crippen LogP contribution < -0.4 is 5.73 Å². The van der Waals surface area contributed by atoms with E-state index in [9.17, 15) is 26.7 Å². The standard InChI is InChI=1S/C21H18F5N3O2/c22-20(23)3-5-29(6-4-20)19(30)12-1-2-17(28-11-12)15-7-13(21(24,25)26)8-18-16(15)9-14(10-27)31-18/h1-2,7-9,11H,3-6,10,27H2. The van der Waals surface area contributed by atoms with E-state index in [2.05, 4.69) is 4.98 Å². The van der Waals surface area contributed by atoms with Gasteiger partial charge in [0.1, 0.15) is 11.3 Å². The van der Waals surface area contributed by atoms with Gasteiger partial charge in [0.25, 0.3) is 11.8 Å². The van der Waals surface area contributed by atoms with Crippen molar-refractivity contribution in [2.75, 3.05) is 13.1 Å². The maximum absolute atomic E-state index is 13.3. The topological polar surface area (TPSA) is 72.4 Å². The van der Waals surface area contributed by atoms with Crippen LogP contribution in [0.2, 0.25) is 0 Å². The molecule has 1 aromatic carbocycles. The van der Waals surface area contributed by atoms with Crippen molar-refractivity contribution in [1.82, 2.24) is 9.88 Å². The van der Waals surface area contributed by atoms with Crippen LogP contribution in [0.15, 0.2) is 40.9 Å². The number of aromatic nitrogens is 1. The highest BCUT2D eigenvalue weighted by Crippen LogP contribution is 2.38. The van der Waals surface area contributed by atoms with E-state index < -0.39 is 36.4 Å². The largest absolute Gasteiger partial charge is 0.460 e. The minimum atomic E-state index is -4.59. The van der Waals surface area contributed by atoms with Gasteiger partial charge in [0.05, 0.1) is 23.4 Å². The Balaban J connectivity index is 1.67. The summed E-state index contributed by atoms with van der Waals surface area (Å²) in [6.45, 7) is -0.122. The van der Waals surface area contributed by atoms with Crippen LogP contribution in [-0.4, -0.2) is 34.8 Å². The van der Waals surface area contributed by atoms with Crippen molar-refractivity contribution in [3.63, 3.8) is 0 Å². The maximum Gasteiger partial charge on any atom is 0.416 e. The maximum atomic E-state index is 13.3. The smallest absolute Gasteiger partial charge is 0.416 e. The molecule has 0 spiro atoms. The number of furan rings is 1. The van der Waals surface area contributed by atoms with Gasteiger partial charge >= 0.3 is 6.18 Å². The van der Waals surface area contributed by atoms with Crippen molar-refractivity contribution in [3.05, 3.63) is 53.4 Å². The normalized spacial score (nSPS) is 16.6. The van der Waals surface area contributed by atoms with E-state index in [1.807, 2.05) is 0 Å². The molecule has 1 aliphatic rings. The summed E-state index contributed by atoms with van der Waals surface area (Å²) in [6, 6.07) is 6.28. The van der Waals surface area contributed by atoms with Crippen molar-refractivity contribution in [3.8, 4) is 11.3 Å². The number of carbonyl (C=O) groups excluding carboxylic acids is 1. The fourth-order valence-corrected chi connectivity index (χ4v) is 3.57. The van der Waals surface area contributed by atoms with Gasteiger partial charge in [-0.2, -0.15) is 13.2 Å². The number of benzene rings is 1. The molecule has 31 heavy (non-hydrogen) atoms. The summed E-state index contributed by atoms with van der Waals surface area (Å²) in [5.41, 5.74) is 5.25. The van der Waals surface area contributed by atoms with Gasteiger partial charge in [0.2, 0.25) is 0 Å². The molecule has 5 nitrogen and oxygen atoms in total. The number of nitrogens with zero attached hydrogens (tertiary/aromatic N) is 2. The Kier molecular flexibility index (Phi) is 5.20. The molecular weight excluding hydrogens is 421 g/mol. The lowest BCUT2D eigenvalue weighted by atomic mass is 10.0. The summed E-state index contributed by atoms with van der Waals surface area (Å²) in [5, 5.41) is 0.415. The summed E-state index contributed by atoms with van der Waals surface area (Å²) in [4.78, 5) is 18.0. The predicted molar refractivity (Wildman–Crippen MR) is 102 cm³/mol. The van der Waals surface area contributed by atoms with Gasteiger partial charge in [-0.25, -0.2) is 8.78 Å². The van der Waals surface area contributed by atoms with Gasteiger partial charge in [-0.05, 0) is 30.3 Å². The molecule has 1 amide bonds. The summed E-state index contributed by atoms with van der Waals surface area (Å²) in [5.74, 6) is -2.90. The molecule has 1 aliphatic heterocycles. The third kappa shape index (κ3) is 4.25. The highest BCUT2D eigenvalue weighted by molar-refractivity contribution is 5.96. The molecule has 0 saturated carbocycles. The third-order valence-electron chi connectivity index (χ3n) is 5.29. The molecule has 0 bridgehead atoms. The molecule has 3 aromatic rings. The number of piperidine rings is 1. The molecule has 10 heteroatoms. The number of likely N-dealkylation sites (tertiary alicyclic amines) is 1. The third-order valence-corrected chi connectivity index (χ3v) is 5.29. The van der Waals surface area contributed by atoms with Crippen molar-refractivity contribution in [2.45, 2.75) is 31.5 Å². The second kappa shape index (κ2) is 7.60. The minimum absolute atomic E-state index is 0.0191. The van der Waals surface area contributed by atoms with Crippen LogP contribution in [0.5, 0.6) is 0 Å². The molecule has 164 valence electrons. The first kappa shape index (κ1) is 21.2. The fourth-order valence-electron chi connectivity index (χ4n) is 3.57. The second-order valence-electron chi connectivity index (χ2n) is 7.43. The second-order valence-corrected chi connectivity index (χ2v) is 7.43. The Morgan fingerprint density at radius 1 is 1.16 bits per heavy atom. The first-order valence-corrected chi connectivity index (χ1v) is 9.55. The van der Waals surface area contributed by atoms with Crippen LogP contribution in [0.4, 0.5) is 22.0 Å². The number of rotatable bonds is 3. The predicted octanol–water partition coefficient (Wildman–Crippen LogP) is 4.84. The number of hydrogen-bond acceptors (Lipinski definition) is 4. The van der Waals surface area contributed by atoms with Crippen LogP contribution in [0.1, 0.15) is 34.5 Å². The van der Waals surface area contributed by atoms with Gasteiger partial charge in [0, 0.05) is 43.1 Å². The Labute approximate surface area is 173 Å². The Hall–Kier alpha value is -3.01. The van der Waals surface area contributed by atoms with Gasteiger partial charge in [-0.15, -0.1) is 0 Å². The van der Waals surface area contributed by atoms with E-state index in [0.717, 1.165) is 12.1 Å². The Bertz CT molecular complexity index is 1110. The molecule has 0 aliphatic carbocycles. The monoisotopic (exact) mass is 439 g/mol. The SMILES string of the molecule is NCc1cc2c(-c3ccc(C(=O)N4CCC(F)(F)CC4)cn3)cc(C(F)(F)F)cc2o1. The zero-order valence-corrected chi connectivity index (χ0v) is 16.2. The summed E-state index contributed by atoms with van der Waals surface area (Å²) in [7, 11) is 0. The summed E-state index contributed by atoms with van der Waals surface area (Å²) >= 11 is 0.